The van der Waals surface area contributed by atoms with Crippen LogP contribution >= 0.6 is 0 Å². The molecule has 3 rings (SSSR count). The highest BCUT2D eigenvalue weighted by Gasteiger charge is 2.26. The quantitative estimate of drug-likeness (QED) is 0.183. The fourth-order valence-corrected chi connectivity index (χ4v) is 4.27. The summed E-state index contributed by atoms with van der Waals surface area (Å²) in [5.74, 6) is -0.137. The summed E-state index contributed by atoms with van der Waals surface area (Å²) in [4.78, 5) is 22.1. The molecule has 1 fully saturated rings. The zero-order chi connectivity index (χ0) is 23.0. The van der Waals surface area contributed by atoms with E-state index in [9.17, 15) is 23.3 Å². The molecule has 0 bridgehead atoms. The number of nitro groups is 1. The van der Waals surface area contributed by atoms with E-state index in [-0.39, 0.29) is 23.8 Å². The predicted octanol–water partition coefficient (Wildman–Crippen LogP) is 2.25. The highest BCUT2D eigenvalue weighted by molar-refractivity contribution is 7.89. The Morgan fingerprint density at radius 3 is 2.34 bits per heavy atom. The molecule has 170 valence electrons. The SMILES string of the molecule is O=C(/C=C/c1ccc([N+](=O)[O-])cc1)OCCOc1ccc(S(=O)(=O)N2CCOCC2)cc1. The van der Waals surface area contributed by atoms with Crippen molar-refractivity contribution in [2.24, 2.45) is 0 Å². The largest absolute Gasteiger partial charge is 0.490 e. The van der Waals surface area contributed by atoms with Gasteiger partial charge in [0.2, 0.25) is 10.0 Å². The molecule has 10 nitrogen and oxygen atoms in total. The summed E-state index contributed by atoms with van der Waals surface area (Å²) in [7, 11) is -3.56. The summed E-state index contributed by atoms with van der Waals surface area (Å²) in [5, 5.41) is 10.6. The van der Waals surface area contributed by atoms with Crippen LogP contribution in [0.25, 0.3) is 6.08 Å². The van der Waals surface area contributed by atoms with Crippen LogP contribution in [0.4, 0.5) is 5.69 Å². The lowest BCUT2D eigenvalue weighted by Crippen LogP contribution is -2.40. The van der Waals surface area contributed by atoms with Crippen molar-refractivity contribution < 1.29 is 32.3 Å². The van der Waals surface area contributed by atoms with Gasteiger partial charge in [-0.1, -0.05) is 0 Å². The zero-order valence-electron chi connectivity index (χ0n) is 17.1. The molecule has 0 aliphatic carbocycles. The molecule has 1 aliphatic heterocycles. The van der Waals surface area contributed by atoms with Crippen molar-refractivity contribution in [1.82, 2.24) is 4.31 Å². The Morgan fingerprint density at radius 2 is 1.72 bits per heavy atom. The van der Waals surface area contributed by atoms with Crippen molar-refractivity contribution in [3.63, 3.8) is 0 Å². The molecule has 0 atom stereocenters. The first-order valence-electron chi connectivity index (χ1n) is 9.76. The number of nitro benzene ring substituents is 1. The van der Waals surface area contributed by atoms with Crippen molar-refractivity contribution in [1.29, 1.82) is 0 Å². The number of sulfonamides is 1. The number of morpholine rings is 1. The monoisotopic (exact) mass is 462 g/mol. The highest BCUT2D eigenvalue weighted by Crippen LogP contribution is 2.20. The third-order valence-corrected chi connectivity index (χ3v) is 6.46. The molecule has 0 unspecified atom stereocenters. The number of nitrogens with zero attached hydrogens (tertiary/aromatic N) is 2. The molecule has 0 saturated carbocycles. The van der Waals surface area contributed by atoms with Gasteiger partial charge >= 0.3 is 5.97 Å². The Balaban J connectivity index is 1.42. The van der Waals surface area contributed by atoms with Gasteiger partial charge in [0, 0.05) is 31.3 Å². The number of ether oxygens (including phenoxy) is 3. The van der Waals surface area contributed by atoms with Gasteiger partial charge in [-0.15, -0.1) is 0 Å². The van der Waals surface area contributed by atoms with Crippen LogP contribution in [0.5, 0.6) is 5.75 Å². The minimum Gasteiger partial charge on any atom is -0.490 e. The van der Waals surface area contributed by atoms with E-state index in [1.807, 2.05) is 0 Å². The fourth-order valence-electron chi connectivity index (χ4n) is 2.87. The first-order chi connectivity index (χ1) is 15.4. The Hall–Kier alpha value is -3.28. The lowest BCUT2D eigenvalue weighted by atomic mass is 10.2. The molecule has 2 aromatic rings. The third kappa shape index (κ3) is 6.36. The molecule has 0 aromatic heterocycles. The van der Waals surface area contributed by atoms with E-state index in [1.54, 1.807) is 12.1 Å². The van der Waals surface area contributed by atoms with E-state index in [0.717, 1.165) is 0 Å². The summed E-state index contributed by atoms with van der Waals surface area (Å²) in [5.41, 5.74) is 0.588. The maximum Gasteiger partial charge on any atom is 0.330 e. The van der Waals surface area contributed by atoms with Crippen molar-refractivity contribution >= 4 is 27.8 Å². The summed E-state index contributed by atoms with van der Waals surface area (Å²) in [6.45, 7) is 1.49. The van der Waals surface area contributed by atoms with E-state index in [1.165, 1.54) is 52.9 Å². The normalized spacial score (nSPS) is 14.9. The number of esters is 1. The number of hydrogen-bond donors (Lipinski definition) is 0. The molecule has 1 aliphatic rings. The first-order valence-corrected chi connectivity index (χ1v) is 11.2. The van der Waals surface area contributed by atoms with Gasteiger partial charge in [-0.25, -0.2) is 13.2 Å². The third-order valence-electron chi connectivity index (χ3n) is 4.54. The standard InChI is InChI=1S/C21H22N2O8S/c24-21(10-3-17-1-4-18(5-2-17)23(25)26)31-16-15-30-19-6-8-20(9-7-19)32(27,28)22-11-13-29-14-12-22/h1-10H,11-16H2/b10-3+. The second-order valence-electron chi connectivity index (χ2n) is 6.69. The molecule has 2 aromatic carbocycles. The molecular weight excluding hydrogens is 440 g/mol. The van der Waals surface area contributed by atoms with Crippen LogP contribution in [0, 0.1) is 10.1 Å². The van der Waals surface area contributed by atoms with Gasteiger partial charge in [0.25, 0.3) is 5.69 Å². The lowest BCUT2D eigenvalue weighted by molar-refractivity contribution is -0.384. The van der Waals surface area contributed by atoms with Gasteiger partial charge in [0.05, 0.1) is 23.0 Å². The molecule has 0 spiro atoms. The minimum atomic E-state index is -3.56. The molecule has 0 radical (unpaired) electrons. The molecule has 1 heterocycles. The van der Waals surface area contributed by atoms with E-state index in [0.29, 0.717) is 37.6 Å². The number of rotatable bonds is 9. The number of non-ortho nitro benzene ring substituents is 1. The van der Waals surface area contributed by atoms with Gasteiger partial charge in [-0.2, -0.15) is 4.31 Å². The number of hydrogen-bond acceptors (Lipinski definition) is 8. The molecule has 11 heteroatoms. The van der Waals surface area contributed by atoms with Crippen LogP contribution in [-0.2, 0) is 24.3 Å². The lowest BCUT2D eigenvalue weighted by Gasteiger charge is -2.26. The average molecular weight is 462 g/mol. The van der Waals surface area contributed by atoms with Crippen molar-refractivity contribution in [3.8, 4) is 5.75 Å². The van der Waals surface area contributed by atoms with Gasteiger partial charge < -0.3 is 14.2 Å². The Labute approximate surface area is 185 Å². The first kappa shape index (κ1) is 23.4. The molecule has 0 N–H and O–H groups in total. The van der Waals surface area contributed by atoms with Crippen molar-refractivity contribution in [2.75, 3.05) is 39.5 Å². The summed E-state index contributed by atoms with van der Waals surface area (Å²) in [6, 6.07) is 11.8. The summed E-state index contributed by atoms with van der Waals surface area (Å²) >= 11 is 0. The van der Waals surface area contributed by atoms with Gasteiger partial charge in [-0.05, 0) is 48.0 Å². The van der Waals surface area contributed by atoms with Crippen molar-refractivity contribution in [3.05, 3.63) is 70.3 Å². The maximum atomic E-state index is 12.6. The fraction of sp³-hybridized carbons (Fsp3) is 0.286. The number of carbonyl (C=O) groups is 1. The summed E-state index contributed by atoms with van der Waals surface area (Å²) in [6.07, 6.45) is 2.70. The molecule has 32 heavy (non-hydrogen) atoms. The van der Waals surface area contributed by atoms with Gasteiger partial charge in [0.15, 0.2) is 0 Å². The molecular formula is C21H22N2O8S. The predicted molar refractivity (Wildman–Crippen MR) is 115 cm³/mol. The van der Waals surface area contributed by atoms with E-state index in [4.69, 9.17) is 14.2 Å². The van der Waals surface area contributed by atoms with Crippen LogP contribution in [-0.4, -0.2) is 63.1 Å². The maximum absolute atomic E-state index is 12.6. The van der Waals surface area contributed by atoms with Crippen LogP contribution in [0.15, 0.2) is 59.5 Å². The smallest absolute Gasteiger partial charge is 0.330 e. The van der Waals surface area contributed by atoms with Crippen LogP contribution in [0.3, 0.4) is 0 Å². The number of benzene rings is 2. The van der Waals surface area contributed by atoms with Gasteiger partial charge in [-0.3, -0.25) is 10.1 Å². The minimum absolute atomic E-state index is 0.00272. The summed E-state index contributed by atoms with van der Waals surface area (Å²) < 4.78 is 42.2. The van der Waals surface area contributed by atoms with E-state index < -0.39 is 20.9 Å². The second kappa shape index (κ2) is 10.8. The van der Waals surface area contributed by atoms with E-state index in [2.05, 4.69) is 0 Å². The van der Waals surface area contributed by atoms with Gasteiger partial charge in [0.1, 0.15) is 19.0 Å². The van der Waals surface area contributed by atoms with Crippen LogP contribution in [0.1, 0.15) is 5.56 Å². The second-order valence-corrected chi connectivity index (χ2v) is 8.62. The van der Waals surface area contributed by atoms with Crippen LogP contribution in [0.2, 0.25) is 0 Å². The van der Waals surface area contributed by atoms with Crippen molar-refractivity contribution in [2.45, 2.75) is 4.90 Å². The topological polar surface area (TPSA) is 125 Å². The Kier molecular flexibility index (Phi) is 7.92. The molecule has 0 amide bonds. The number of carbonyl (C=O) groups excluding carboxylic acids is 1. The average Bonchev–Trinajstić information content (AvgIpc) is 2.81. The van der Waals surface area contributed by atoms with E-state index >= 15 is 0 Å². The van der Waals surface area contributed by atoms with Crippen LogP contribution < -0.4 is 4.74 Å². The highest BCUT2D eigenvalue weighted by atomic mass is 32.2. The Morgan fingerprint density at radius 1 is 1.06 bits per heavy atom. The zero-order valence-corrected chi connectivity index (χ0v) is 17.9. The molecule has 1 saturated heterocycles. The Bertz CT molecular complexity index is 1060.